The molecule has 2 N–H and O–H groups in total. The molecule has 0 fully saturated rings. The lowest BCUT2D eigenvalue weighted by Gasteiger charge is -2.21. The third-order valence-electron chi connectivity index (χ3n) is 3.10. The van der Waals surface area contributed by atoms with E-state index < -0.39 is 5.54 Å². The van der Waals surface area contributed by atoms with Crippen molar-refractivity contribution in [3.8, 4) is 0 Å². The van der Waals surface area contributed by atoms with Crippen molar-refractivity contribution < 1.29 is 4.42 Å². The van der Waals surface area contributed by atoms with Gasteiger partial charge in [0.1, 0.15) is 5.52 Å². The molecule has 0 spiro atoms. The number of rotatable bonds is 3. The Morgan fingerprint density at radius 3 is 2.53 bits per heavy atom. The van der Waals surface area contributed by atoms with E-state index in [0.717, 1.165) is 12.8 Å². The SMILES string of the molecule is CCC(N)(CC)c1nc2cc(Cl)cc(Cl)c2o1. The third-order valence-corrected chi connectivity index (χ3v) is 3.60. The van der Waals surface area contributed by atoms with Crippen LogP contribution in [0.2, 0.25) is 10.0 Å². The molecule has 0 atom stereocenters. The van der Waals surface area contributed by atoms with E-state index in [-0.39, 0.29) is 0 Å². The molecule has 0 saturated carbocycles. The average molecular weight is 273 g/mol. The van der Waals surface area contributed by atoms with Crippen molar-refractivity contribution in [3.05, 3.63) is 28.1 Å². The van der Waals surface area contributed by atoms with E-state index >= 15 is 0 Å². The van der Waals surface area contributed by atoms with Crippen LogP contribution in [0.4, 0.5) is 0 Å². The van der Waals surface area contributed by atoms with Crippen LogP contribution in [-0.4, -0.2) is 4.98 Å². The molecule has 17 heavy (non-hydrogen) atoms. The van der Waals surface area contributed by atoms with E-state index in [2.05, 4.69) is 4.98 Å². The fourth-order valence-electron chi connectivity index (χ4n) is 1.73. The fourth-order valence-corrected chi connectivity index (χ4v) is 2.25. The smallest absolute Gasteiger partial charge is 0.215 e. The van der Waals surface area contributed by atoms with Gasteiger partial charge >= 0.3 is 0 Å². The maximum atomic E-state index is 6.24. The highest BCUT2D eigenvalue weighted by Gasteiger charge is 2.29. The number of hydrogen-bond acceptors (Lipinski definition) is 3. The monoisotopic (exact) mass is 272 g/mol. The normalized spacial score (nSPS) is 12.3. The Labute approximate surface area is 110 Å². The molecule has 0 aliphatic rings. The summed E-state index contributed by atoms with van der Waals surface area (Å²) in [4.78, 5) is 4.39. The maximum Gasteiger partial charge on any atom is 0.215 e. The van der Waals surface area contributed by atoms with Crippen molar-refractivity contribution in [2.75, 3.05) is 0 Å². The maximum absolute atomic E-state index is 6.24. The van der Waals surface area contributed by atoms with Gasteiger partial charge in [0.05, 0.1) is 10.6 Å². The molecule has 0 radical (unpaired) electrons. The molecule has 0 bridgehead atoms. The largest absolute Gasteiger partial charge is 0.437 e. The van der Waals surface area contributed by atoms with Crippen molar-refractivity contribution in [1.82, 2.24) is 4.98 Å². The van der Waals surface area contributed by atoms with Crippen LogP contribution in [0, 0.1) is 0 Å². The van der Waals surface area contributed by atoms with Crippen LogP contribution in [0.15, 0.2) is 16.5 Å². The van der Waals surface area contributed by atoms with Gasteiger partial charge in [0.25, 0.3) is 0 Å². The number of nitrogens with two attached hydrogens (primary N) is 1. The minimum atomic E-state index is -0.547. The lowest BCUT2D eigenvalue weighted by Crippen LogP contribution is -2.35. The number of aromatic nitrogens is 1. The van der Waals surface area contributed by atoms with E-state index in [1.807, 2.05) is 13.8 Å². The van der Waals surface area contributed by atoms with Gasteiger partial charge in [0.15, 0.2) is 5.58 Å². The summed E-state index contributed by atoms with van der Waals surface area (Å²) in [5, 5.41) is 0.999. The van der Waals surface area contributed by atoms with Crippen LogP contribution >= 0.6 is 23.2 Å². The Morgan fingerprint density at radius 1 is 1.29 bits per heavy atom. The van der Waals surface area contributed by atoms with E-state index in [9.17, 15) is 0 Å². The molecular weight excluding hydrogens is 259 g/mol. The van der Waals surface area contributed by atoms with Crippen LogP contribution < -0.4 is 5.73 Å². The first-order valence-electron chi connectivity index (χ1n) is 5.55. The molecule has 1 aromatic carbocycles. The quantitative estimate of drug-likeness (QED) is 0.915. The van der Waals surface area contributed by atoms with Crippen molar-refractivity contribution in [3.63, 3.8) is 0 Å². The molecule has 5 heteroatoms. The second kappa shape index (κ2) is 4.48. The zero-order valence-electron chi connectivity index (χ0n) is 9.76. The van der Waals surface area contributed by atoms with Gasteiger partial charge < -0.3 is 10.2 Å². The summed E-state index contributed by atoms with van der Waals surface area (Å²) >= 11 is 12.0. The molecule has 1 heterocycles. The standard InChI is InChI=1S/C12H14Cl2N2O/c1-3-12(15,4-2)11-16-9-6-7(13)5-8(14)10(9)17-11/h5-6H,3-4,15H2,1-2H3. The van der Waals surface area contributed by atoms with Gasteiger partial charge in [-0.2, -0.15) is 0 Å². The van der Waals surface area contributed by atoms with Gasteiger partial charge in [-0.15, -0.1) is 0 Å². The highest BCUT2D eigenvalue weighted by atomic mass is 35.5. The first-order chi connectivity index (χ1) is 8.00. The third kappa shape index (κ3) is 2.15. The summed E-state index contributed by atoms with van der Waals surface area (Å²) in [6, 6.07) is 3.36. The number of hydrogen-bond donors (Lipinski definition) is 1. The Kier molecular flexibility index (Phi) is 3.34. The summed E-state index contributed by atoms with van der Waals surface area (Å²) in [6.45, 7) is 4.01. The van der Waals surface area contributed by atoms with E-state index in [4.69, 9.17) is 33.4 Å². The van der Waals surface area contributed by atoms with Crippen molar-refractivity contribution in [2.45, 2.75) is 32.2 Å². The minimum Gasteiger partial charge on any atom is -0.437 e. The summed E-state index contributed by atoms with van der Waals surface area (Å²) in [5.41, 5.74) is 6.88. The Hall–Kier alpha value is -0.770. The van der Waals surface area contributed by atoms with Crippen LogP contribution in [0.1, 0.15) is 32.6 Å². The lowest BCUT2D eigenvalue weighted by molar-refractivity contribution is 0.318. The summed E-state index contributed by atoms with van der Waals surface area (Å²) < 4.78 is 5.67. The van der Waals surface area contributed by atoms with Crippen LogP contribution in [0.5, 0.6) is 0 Å². The zero-order chi connectivity index (χ0) is 12.6. The highest BCUT2D eigenvalue weighted by Crippen LogP contribution is 2.33. The molecular formula is C12H14Cl2N2O. The molecule has 0 aliphatic carbocycles. The molecule has 0 amide bonds. The molecule has 0 aliphatic heterocycles. The molecule has 2 rings (SSSR count). The first kappa shape index (κ1) is 12.7. The summed E-state index contributed by atoms with van der Waals surface area (Å²) in [6.07, 6.45) is 1.50. The van der Waals surface area contributed by atoms with Gasteiger partial charge in [-0.3, -0.25) is 0 Å². The fraction of sp³-hybridized carbons (Fsp3) is 0.417. The van der Waals surface area contributed by atoms with Gasteiger partial charge in [-0.25, -0.2) is 4.98 Å². The highest BCUT2D eigenvalue weighted by molar-refractivity contribution is 6.37. The van der Waals surface area contributed by atoms with Gasteiger partial charge in [-0.1, -0.05) is 37.0 Å². The molecule has 2 aromatic rings. The van der Waals surface area contributed by atoms with Crippen LogP contribution in [-0.2, 0) is 5.54 Å². The van der Waals surface area contributed by atoms with Gasteiger partial charge in [0, 0.05) is 5.02 Å². The van der Waals surface area contributed by atoms with Crippen LogP contribution in [0.25, 0.3) is 11.1 Å². The van der Waals surface area contributed by atoms with E-state index in [1.165, 1.54) is 0 Å². The molecule has 0 unspecified atom stereocenters. The van der Waals surface area contributed by atoms with Gasteiger partial charge in [0.2, 0.25) is 5.89 Å². The van der Waals surface area contributed by atoms with Crippen molar-refractivity contribution in [2.24, 2.45) is 5.73 Å². The summed E-state index contributed by atoms with van der Waals surface area (Å²) in [5.74, 6) is 0.515. The predicted molar refractivity (Wildman–Crippen MR) is 70.5 cm³/mol. The Bertz CT molecular complexity index is 547. The molecule has 92 valence electrons. The zero-order valence-corrected chi connectivity index (χ0v) is 11.3. The molecule has 1 aromatic heterocycles. The average Bonchev–Trinajstić information content (AvgIpc) is 2.72. The second-order valence-corrected chi connectivity index (χ2v) is 4.96. The first-order valence-corrected chi connectivity index (χ1v) is 6.30. The second-order valence-electron chi connectivity index (χ2n) is 4.12. The van der Waals surface area contributed by atoms with E-state index in [0.29, 0.717) is 27.0 Å². The minimum absolute atomic E-state index is 0.459. The van der Waals surface area contributed by atoms with Crippen molar-refractivity contribution >= 4 is 34.3 Å². The summed E-state index contributed by atoms with van der Waals surface area (Å²) in [7, 11) is 0. The number of fused-ring (bicyclic) bond motifs is 1. The topological polar surface area (TPSA) is 52.0 Å². The number of nitrogens with zero attached hydrogens (tertiary/aromatic N) is 1. The van der Waals surface area contributed by atoms with Gasteiger partial charge in [-0.05, 0) is 25.0 Å². The Morgan fingerprint density at radius 2 is 1.94 bits per heavy atom. The lowest BCUT2D eigenvalue weighted by atomic mass is 9.94. The van der Waals surface area contributed by atoms with Crippen molar-refractivity contribution in [1.29, 1.82) is 0 Å². The predicted octanol–water partition coefficient (Wildman–Crippen LogP) is 4.11. The number of benzene rings is 1. The number of halogens is 2. The molecule has 3 nitrogen and oxygen atoms in total. The van der Waals surface area contributed by atoms with Crippen LogP contribution in [0.3, 0.4) is 0 Å². The number of oxazole rings is 1. The Balaban J connectivity index is 2.62. The molecule has 0 saturated heterocycles. The van der Waals surface area contributed by atoms with E-state index in [1.54, 1.807) is 12.1 Å².